The quantitative estimate of drug-likeness (QED) is 0.244. The Morgan fingerprint density at radius 1 is 1.11 bits per heavy atom. The molecule has 4 atom stereocenters. The minimum Gasteiger partial charge on any atom is -0.449 e. The average Bonchev–Trinajstić information content (AvgIpc) is 3.18. The SMILES string of the molecule is CC(C)C[C@H](NC(=O)OCC12CC3CC(CC(C3)C1)C2)C(=O)N[C@@H](C[C@@H]1CCNC1=O)[C@H](O)S(=O)(=O)O. The number of rotatable bonds is 11. The normalized spacial score (nSPS) is 33.1. The molecule has 0 unspecified atom stereocenters. The second-order valence-electron chi connectivity index (χ2n) is 12.4. The molecule has 5 rings (SSSR count). The van der Waals surface area contributed by atoms with E-state index in [0.717, 1.165) is 19.3 Å². The molecular weight excluding hydrogens is 502 g/mol. The summed E-state index contributed by atoms with van der Waals surface area (Å²) in [6.07, 6.45) is 6.83. The van der Waals surface area contributed by atoms with Crippen molar-refractivity contribution < 1.29 is 37.2 Å². The smallest absolute Gasteiger partial charge is 0.407 e. The maximum atomic E-state index is 13.2. The van der Waals surface area contributed by atoms with E-state index in [2.05, 4.69) is 16.0 Å². The Bertz CT molecular complexity index is 949. The van der Waals surface area contributed by atoms with Crippen LogP contribution in [0.25, 0.3) is 0 Å². The highest BCUT2D eigenvalue weighted by Crippen LogP contribution is 2.60. The van der Waals surface area contributed by atoms with Gasteiger partial charge in [0.15, 0.2) is 0 Å². The zero-order valence-corrected chi connectivity index (χ0v) is 22.5. The molecule has 5 fully saturated rings. The number of amides is 3. The molecule has 5 aliphatic rings. The van der Waals surface area contributed by atoms with Crippen LogP contribution in [0, 0.1) is 35.0 Å². The van der Waals surface area contributed by atoms with E-state index >= 15 is 0 Å². The second-order valence-corrected chi connectivity index (χ2v) is 13.9. The summed E-state index contributed by atoms with van der Waals surface area (Å²) in [5, 5.41) is 17.9. The van der Waals surface area contributed by atoms with Crippen LogP contribution < -0.4 is 16.0 Å². The minimum atomic E-state index is -4.91. The van der Waals surface area contributed by atoms with Crippen molar-refractivity contribution in [1.29, 1.82) is 0 Å². The molecule has 210 valence electrons. The third kappa shape index (κ3) is 6.94. The summed E-state index contributed by atoms with van der Waals surface area (Å²) >= 11 is 0. The number of nitrogens with one attached hydrogen (secondary N) is 3. The van der Waals surface area contributed by atoms with Crippen LogP contribution in [0.1, 0.15) is 71.6 Å². The van der Waals surface area contributed by atoms with Crippen molar-refractivity contribution in [3.05, 3.63) is 0 Å². The molecule has 0 aromatic carbocycles. The number of hydrogen-bond donors (Lipinski definition) is 5. The van der Waals surface area contributed by atoms with Gasteiger partial charge >= 0.3 is 6.09 Å². The first-order valence-electron chi connectivity index (χ1n) is 13.5. The lowest BCUT2D eigenvalue weighted by molar-refractivity contribution is -0.126. The Kier molecular flexibility index (Phi) is 8.40. The van der Waals surface area contributed by atoms with E-state index in [4.69, 9.17) is 4.74 Å². The van der Waals surface area contributed by atoms with Crippen molar-refractivity contribution in [3.8, 4) is 0 Å². The monoisotopic (exact) mass is 543 g/mol. The molecule has 4 saturated carbocycles. The number of ether oxygens (including phenoxy) is 1. The summed E-state index contributed by atoms with van der Waals surface area (Å²) in [5.74, 6) is 0.494. The van der Waals surface area contributed by atoms with Crippen molar-refractivity contribution >= 4 is 28.0 Å². The van der Waals surface area contributed by atoms with Gasteiger partial charge in [-0.1, -0.05) is 13.8 Å². The first kappa shape index (κ1) is 28.1. The van der Waals surface area contributed by atoms with Gasteiger partial charge < -0.3 is 25.8 Å². The largest absolute Gasteiger partial charge is 0.449 e. The molecule has 4 bridgehead atoms. The van der Waals surface area contributed by atoms with Gasteiger partial charge in [0, 0.05) is 17.9 Å². The van der Waals surface area contributed by atoms with E-state index in [1.807, 2.05) is 13.8 Å². The van der Waals surface area contributed by atoms with Crippen LogP contribution in [0.2, 0.25) is 0 Å². The highest BCUT2D eigenvalue weighted by Gasteiger charge is 2.51. The minimum absolute atomic E-state index is 0.00441. The van der Waals surface area contributed by atoms with Gasteiger partial charge in [-0.25, -0.2) is 4.79 Å². The summed E-state index contributed by atoms with van der Waals surface area (Å²) in [5.41, 5.74) is -2.29. The van der Waals surface area contributed by atoms with E-state index in [9.17, 15) is 32.5 Å². The summed E-state index contributed by atoms with van der Waals surface area (Å²) < 4.78 is 38.3. The maximum absolute atomic E-state index is 13.2. The Labute approximate surface area is 218 Å². The number of carbonyl (C=O) groups excluding carboxylic acids is 3. The van der Waals surface area contributed by atoms with E-state index in [1.165, 1.54) is 19.3 Å². The fourth-order valence-electron chi connectivity index (χ4n) is 7.49. The van der Waals surface area contributed by atoms with Crippen molar-refractivity contribution in [2.24, 2.45) is 35.0 Å². The number of alkyl carbamates (subject to hydrolysis) is 1. The molecule has 1 heterocycles. The molecule has 1 saturated heterocycles. The number of aliphatic hydroxyl groups excluding tert-OH is 1. The third-order valence-corrected chi connectivity index (χ3v) is 9.61. The van der Waals surface area contributed by atoms with Gasteiger partial charge in [-0.2, -0.15) is 8.42 Å². The van der Waals surface area contributed by atoms with Crippen molar-refractivity contribution in [2.75, 3.05) is 13.2 Å². The van der Waals surface area contributed by atoms with Crippen molar-refractivity contribution in [2.45, 2.75) is 89.2 Å². The Morgan fingerprint density at radius 3 is 2.19 bits per heavy atom. The predicted octanol–water partition coefficient (Wildman–Crippen LogP) is 1.56. The predicted molar refractivity (Wildman–Crippen MR) is 134 cm³/mol. The standard InChI is InChI=1S/C25H41N3O8S/c1-14(2)5-19(22(30)27-20(23(31)37(33,34)35)9-18-3-4-26-21(18)29)28-24(32)36-13-25-10-15-6-16(11-25)8-17(7-15)12-25/h14-20,23,31H,3-13H2,1-2H3,(H,26,29)(H,27,30)(H,28,32)(H,33,34,35)/t15?,16?,17?,18-,19-,20-,23+,25?/m0/s1. The van der Waals surface area contributed by atoms with E-state index in [-0.39, 0.29) is 30.1 Å². The molecular formula is C25H41N3O8S. The molecule has 37 heavy (non-hydrogen) atoms. The van der Waals surface area contributed by atoms with Gasteiger partial charge in [-0.15, -0.1) is 0 Å². The lowest BCUT2D eigenvalue weighted by atomic mass is 9.50. The highest BCUT2D eigenvalue weighted by atomic mass is 32.2. The van der Waals surface area contributed by atoms with E-state index in [1.54, 1.807) is 0 Å². The molecule has 0 aromatic rings. The summed E-state index contributed by atoms with van der Waals surface area (Å²) in [7, 11) is -4.91. The maximum Gasteiger partial charge on any atom is 0.407 e. The topological polar surface area (TPSA) is 171 Å². The average molecular weight is 544 g/mol. The molecule has 0 radical (unpaired) electrons. The lowest BCUT2D eigenvalue weighted by Gasteiger charge is -2.56. The van der Waals surface area contributed by atoms with E-state index < -0.39 is 45.6 Å². The molecule has 0 aromatic heterocycles. The third-order valence-electron chi connectivity index (χ3n) is 8.67. The second kappa shape index (κ2) is 11.1. The first-order valence-corrected chi connectivity index (χ1v) is 15.0. The zero-order chi connectivity index (χ0) is 27.0. The molecule has 1 aliphatic heterocycles. The van der Waals surface area contributed by atoms with Gasteiger partial charge in [0.1, 0.15) is 6.04 Å². The van der Waals surface area contributed by atoms with Crippen LogP contribution >= 0.6 is 0 Å². The van der Waals surface area contributed by atoms with Gasteiger partial charge in [-0.3, -0.25) is 14.1 Å². The molecule has 5 N–H and O–H groups in total. The molecule has 0 spiro atoms. The molecule has 11 nitrogen and oxygen atoms in total. The van der Waals surface area contributed by atoms with Crippen LogP contribution in [0.15, 0.2) is 0 Å². The number of carbonyl (C=O) groups is 3. The molecule has 3 amide bonds. The fourth-order valence-corrected chi connectivity index (χ4v) is 8.08. The van der Waals surface area contributed by atoms with Gasteiger partial charge in [0.25, 0.3) is 10.1 Å². The van der Waals surface area contributed by atoms with Crippen LogP contribution in [-0.2, 0) is 24.4 Å². The first-order chi connectivity index (χ1) is 17.3. The van der Waals surface area contributed by atoms with Crippen LogP contribution in [0.5, 0.6) is 0 Å². The van der Waals surface area contributed by atoms with Crippen molar-refractivity contribution in [1.82, 2.24) is 16.0 Å². The Hall–Kier alpha value is -1.92. The lowest BCUT2D eigenvalue weighted by Crippen LogP contribution is -2.55. The van der Waals surface area contributed by atoms with Crippen LogP contribution in [-0.4, -0.2) is 66.7 Å². The van der Waals surface area contributed by atoms with Gasteiger partial charge in [0.2, 0.25) is 17.3 Å². The van der Waals surface area contributed by atoms with Gasteiger partial charge in [-0.05, 0) is 81.5 Å². The molecule has 4 aliphatic carbocycles. The summed E-state index contributed by atoms with van der Waals surface area (Å²) in [6.45, 7) is 4.46. The van der Waals surface area contributed by atoms with Crippen LogP contribution in [0.4, 0.5) is 4.79 Å². The van der Waals surface area contributed by atoms with E-state index in [0.29, 0.717) is 37.3 Å². The Balaban J connectivity index is 1.38. The Morgan fingerprint density at radius 2 is 1.70 bits per heavy atom. The highest BCUT2D eigenvalue weighted by molar-refractivity contribution is 7.86. The number of aliphatic hydroxyl groups is 1. The summed E-state index contributed by atoms with van der Waals surface area (Å²) in [4.78, 5) is 38.0. The van der Waals surface area contributed by atoms with Gasteiger partial charge in [0.05, 0.1) is 12.6 Å². The number of hydrogen-bond acceptors (Lipinski definition) is 7. The molecule has 12 heteroatoms. The van der Waals surface area contributed by atoms with Crippen LogP contribution in [0.3, 0.4) is 0 Å². The zero-order valence-electron chi connectivity index (χ0n) is 21.6. The fraction of sp³-hybridized carbons (Fsp3) is 0.880. The summed E-state index contributed by atoms with van der Waals surface area (Å²) in [6, 6.07) is -2.48. The van der Waals surface area contributed by atoms with Crippen molar-refractivity contribution in [3.63, 3.8) is 0 Å².